The molecule has 0 atom stereocenters. The van der Waals surface area contributed by atoms with Gasteiger partial charge >= 0.3 is 6.03 Å². The van der Waals surface area contributed by atoms with Crippen molar-refractivity contribution in [2.24, 2.45) is 0 Å². The van der Waals surface area contributed by atoms with E-state index in [9.17, 15) is 14.4 Å². The molecule has 7 nitrogen and oxygen atoms in total. The van der Waals surface area contributed by atoms with Crippen molar-refractivity contribution in [1.82, 2.24) is 20.0 Å². The smallest absolute Gasteiger partial charge is 0.317 e. The molecule has 25 heavy (non-hydrogen) atoms. The van der Waals surface area contributed by atoms with Crippen molar-refractivity contribution in [3.63, 3.8) is 0 Å². The molecule has 3 rings (SSSR count). The normalized spacial score (nSPS) is 19.5. The van der Waals surface area contributed by atoms with Gasteiger partial charge in [-0.1, -0.05) is 14.9 Å². The summed E-state index contributed by atoms with van der Waals surface area (Å²) in [6.45, 7) is 3.56. The highest BCUT2D eigenvalue weighted by Gasteiger charge is 2.13. The number of amides is 4. The van der Waals surface area contributed by atoms with E-state index in [2.05, 4.69) is 5.32 Å². The molecule has 3 aliphatic heterocycles. The summed E-state index contributed by atoms with van der Waals surface area (Å²) in [6, 6.07) is 0.0417. The summed E-state index contributed by atoms with van der Waals surface area (Å²) < 4.78 is 0. The van der Waals surface area contributed by atoms with E-state index < -0.39 is 0 Å². The third-order valence-electron chi connectivity index (χ3n) is 4.19. The molecule has 3 aliphatic rings. The molecule has 0 aromatic rings. The second-order valence-corrected chi connectivity index (χ2v) is 6.20. The maximum Gasteiger partial charge on any atom is 0.317 e. The molecule has 0 aromatic carbocycles. The molecular weight excluding hydrogens is 320 g/mol. The van der Waals surface area contributed by atoms with Crippen LogP contribution in [0.4, 0.5) is 4.79 Å². The highest BCUT2D eigenvalue weighted by Crippen LogP contribution is 2.07. The zero-order valence-electron chi connectivity index (χ0n) is 14.6. The van der Waals surface area contributed by atoms with Crippen molar-refractivity contribution in [2.75, 3.05) is 47.3 Å². The number of likely N-dealkylation sites (N-methyl/N-ethyl adjacent to an activating group) is 1. The number of carbonyl (C=O) groups excluding carboxylic acids is 3. The van der Waals surface area contributed by atoms with E-state index in [1.807, 2.05) is 14.1 Å². The quantitative estimate of drug-likeness (QED) is 0.721. The molecule has 148 valence electrons. The van der Waals surface area contributed by atoms with Gasteiger partial charge in [0.1, 0.15) is 0 Å². The number of rotatable bonds is 0. The SMILES string of the molecule is C.C.CN1CCCCC1=O.CN1CCCCC1=O.CN1CCNC1=O. The van der Waals surface area contributed by atoms with Crippen LogP contribution in [-0.4, -0.2) is 79.9 Å². The Bertz CT molecular complexity index is 389. The van der Waals surface area contributed by atoms with Crippen LogP contribution < -0.4 is 5.32 Å². The van der Waals surface area contributed by atoms with Gasteiger partial charge in [-0.25, -0.2) is 4.79 Å². The molecule has 0 radical (unpaired) electrons. The van der Waals surface area contributed by atoms with E-state index in [-0.39, 0.29) is 20.9 Å². The van der Waals surface area contributed by atoms with Gasteiger partial charge in [-0.3, -0.25) is 9.59 Å². The number of piperidine rings is 2. The van der Waals surface area contributed by atoms with Gasteiger partial charge < -0.3 is 20.0 Å². The van der Waals surface area contributed by atoms with Crippen LogP contribution in [0.1, 0.15) is 53.4 Å². The van der Waals surface area contributed by atoms with Gasteiger partial charge in [-0.2, -0.15) is 0 Å². The van der Waals surface area contributed by atoms with Crippen molar-refractivity contribution in [2.45, 2.75) is 53.4 Å². The number of hydrogen-bond donors (Lipinski definition) is 1. The summed E-state index contributed by atoms with van der Waals surface area (Å²) >= 11 is 0. The van der Waals surface area contributed by atoms with E-state index in [0.29, 0.717) is 11.8 Å². The maximum absolute atomic E-state index is 10.7. The Hall–Kier alpha value is -1.79. The third kappa shape index (κ3) is 9.94. The zero-order valence-corrected chi connectivity index (χ0v) is 14.6. The Morgan fingerprint density at radius 3 is 1.28 bits per heavy atom. The van der Waals surface area contributed by atoms with Gasteiger partial charge in [-0.05, 0) is 25.7 Å². The monoisotopic (exact) mass is 358 g/mol. The lowest BCUT2D eigenvalue weighted by molar-refractivity contribution is -0.132. The summed E-state index contributed by atoms with van der Waals surface area (Å²) in [4.78, 5) is 37.1. The van der Waals surface area contributed by atoms with E-state index >= 15 is 0 Å². The number of hydrogen-bond acceptors (Lipinski definition) is 3. The molecule has 0 aromatic heterocycles. The first-order valence-electron chi connectivity index (χ1n) is 8.38. The van der Waals surface area contributed by atoms with Gasteiger partial charge in [0, 0.05) is 60.2 Å². The van der Waals surface area contributed by atoms with Crippen molar-refractivity contribution in [3.8, 4) is 0 Å². The first kappa shape index (κ1) is 25.5. The van der Waals surface area contributed by atoms with Crippen LogP contribution in [0.3, 0.4) is 0 Å². The minimum absolute atomic E-state index is 0. The van der Waals surface area contributed by atoms with E-state index in [1.54, 1.807) is 21.7 Å². The molecule has 3 heterocycles. The average Bonchev–Trinajstić information content (AvgIpc) is 2.90. The van der Waals surface area contributed by atoms with Crippen LogP contribution in [0.2, 0.25) is 0 Å². The molecular formula is C18H38N4O3. The minimum Gasteiger partial charge on any atom is -0.346 e. The summed E-state index contributed by atoms with van der Waals surface area (Å²) in [7, 11) is 5.51. The highest BCUT2D eigenvalue weighted by molar-refractivity contribution is 5.76. The van der Waals surface area contributed by atoms with Gasteiger partial charge in [0.25, 0.3) is 0 Å². The summed E-state index contributed by atoms with van der Waals surface area (Å²) in [5.41, 5.74) is 0. The van der Waals surface area contributed by atoms with Crippen LogP contribution in [-0.2, 0) is 9.59 Å². The lowest BCUT2D eigenvalue weighted by atomic mass is 10.1. The minimum atomic E-state index is 0. The Labute approximate surface area is 153 Å². The van der Waals surface area contributed by atoms with Gasteiger partial charge in [0.05, 0.1) is 0 Å². The Morgan fingerprint density at radius 2 is 1.12 bits per heavy atom. The molecule has 4 amide bonds. The molecule has 0 unspecified atom stereocenters. The number of urea groups is 1. The van der Waals surface area contributed by atoms with Crippen molar-refractivity contribution in [1.29, 1.82) is 0 Å². The molecule has 0 aliphatic carbocycles. The predicted molar refractivity (Wildman–Crippen MR) is 102 cm³/mol. The number of nitrogens with zero attached hydrogens (tertiary/aromatic N) is 3. The molecule has 3 saturated heterocycles. The summed E-state index contributed by atoms with van der Waals surface area (Å²) in [5.74, 6) is 0.604. The van der Waals surface area contributed by atoms with Crippen LogP contribution in [0.15, 0.2) is 0 Å². The van der Waals surface area contributed by atoms with Gasteiger partial charge in [0.2, 0.25) is 11.8 Å². The van der Waals surface area contributed by atoms with Crippen LogP contribution in [0.5, 0.6) is 0 Å². The van der Waals surface area contributed by atoms with Crippen molar-refractivity contribution >= 4 is 17.8 Å². The summed E-state index contributed by atoms with van der Waals surface area (Å²) in [6.07, 6.45) is 6.06. The lowest BCUT2D eigenvalue weighted by Gasteiger charge is -2.21. The zero-order chi connectivity index (χ0) is 17.2. The largest absolute Gasteiger partial charge is 0.346 e. The number of nitrogens with one attached hydrogen (secondary N) is 1. The fourth-order valence-corrected chi connectivity index (χ4v) is 2.45. The maximum atomic E-state index is 10.7. The fourth-order valence-electron chi connectivity index (χ4n) is 2.45. The second-order valence-electron chi connectivity index (χ2n) is 6.20. The topological polar surface area (TPSA) is 73.0 Å². The highest BCUT2D eigenvalue weighted by atomic mass is 16.2. The molecule has 3 fully saturated rings. The number of carbonyl (C=O) groups is 3. The van der Waals surface area contributed by atoms with Crippen molar-refractivity contribution < 1.29 is 14.4 Å². The third-order valence-corrected chi connectivity index (χ3v) is 4.19. The molecule has 7 heteroatoms. The van der Waals surface area contributed by atoms with Crippen LogP contribution in [0, 0.1) is 0 Å². The Balaban J connectivity index is 0. The van der Waals surface area contributed by atoms with E-state index in [0.717, 1.165) is 51.9 Å². The van der Waals surface area contributed by atoms with Crippen molar-refractivity contribution in [3.05, 3.63) is 0 Å². The standard InChI is InChI=1S/2C6H11NO.C4H8N2O.2CH4/c2*1-7-5-3-2-4-6(7)8;1-6-3-2-5-4(6)7;;/h2*2-5H2,1H3;2-3H2,1H3,(H,5,7);2*1H4. The molecule has 0 saturated carbocycles. The first-order chi connectivity index (χ1) is 10.9. The van der Waals surface area contributed by atoms with Crippen LogP contribution in [0.25, 0.3) is 0 Å². The van der Waals surface area contributed by atoms with E-state index in [4.69, 9.17) is 0 Å². The van der Waals surface area contributed by atoms with Crippen LogP contribution >= 0.6 is 0 Å². The Kier molecular flexibility index (Phi) is 13.7. The average molecular weight is 359 g/mol. The number of likely N-dealkylation sites (tertiary alicyclic amines) is 2. The second kappa shape index (κ2) is 13.5. The lowest BCUT2D eigenvalue weighted by Crippen LogP contribution is -2.31. The molecule has 1 N–H and O–H groups in total. The first-order valence-corrected chi connectivity index (χ1v) is 8.38. The molecule has 0 bridgehead atoms. The van der Waals surface area contributed by atoms with E-state index in [1.165, 1.54) is 12.8 Å². The fraction of sp³-hybridized carbons (Fsp3) is 0.833. The van der Waals surface area contributed by atoms with Gasteiger partial charge in [0.15, 0.2) is 0 Å². The Morgan fingerprint density at radius 1 is 0.680 bits per heavy atom. The predicted octanol–water partition coefficient (Wildman–Crippen LogP) is 2.17. The summed E-state index contributed by atoms with van der Waals surface area (Å²) in [5, 5.41) is 2.66. The van der Waals surface area contributed by atoms with Gasteiger partial charge in [-0.15, -0.1) is 0 Å². The molecule has 0 spiro atoms.